The second kappa shape index (κ2) is 4.96. The van der Waals surface area contributed by atoms with E-state index in [2.05, 4.69) is 3.74 Å². The molecule has 1 aromatic rings. The zero-order valence-corrected chi connectivity index (χ0v) is 10.1. The van der Waals surface area contributed by atoms with Crippen LogP contribution >= 0.6 is 23.5 Å². The molecular weight excluding hydrogens is 297 g/mol. The monoisotopic (exact) mass is 299 g/mol. The van der Waals surface area contributed by atoms with E-state index in [-0.39, 0.29) is 0 Å². The van der Waals surface area contributed by atoms with Gasteiger partial charge in [0.25, 0.3) is 10.9 Å². The Morgan fingerprint density at radius 3 is 2.41 bits per heavy atom. The van der Waals surface area contributed by atoms with Crippen molar-refractivity contribution in [3.8, 4) is 0 Å². The lowest BCUT2D eigenvalue weighted by atomic mass is 10.2. The summed E-state index contributed by atoms with van der Waals surface area (Å²) in [5, 5.41) is 9.36. The Balaban J connectivity index is 3.58. The molecule has 0 atom stereocenters. The minimum absolute atomic E-state index is 0.460. The van der Waals surface area contributed by atoms with Gasteiger partial charge in [-0.05, 0) is 17.7 Å². The van der Waals surface area contributed by atoms with E-state index in [1.165, 1.54) is 0 Å². The van der Waals surface area contributed by atoms with Gasteiger partial charge in [-0.25, -0.2) is 0 Å². The number of hydrogen-bond acceptors (Lipinski definition) is 6. The third kappa shape index (κ3) is 2.91. The van der Waals surface area contributed by atoms with Crippen LogP contribution in [0.25, 0.3) is 0 Å². The molecule has 1 rings (SSSR count). The third-order valence-corrected chi connectivity index (χ3v) is 3.48. The van der Waals surface area contributed by atoms with E-state index in [0.29, 0.717) is 6.07 Å². The first kappa shape index (κ1) is 13.8. The molecule has 10 heteroatoms. The average molecular weight is 300 g/mol. The molecule has 0 bridgehead atoms. The molecule has 0 saturated carbocycles. The second-order valence-corrected chi connectivity index (χ2v) is 4.92. The Morgan fingerprint density at radius 2 is 2.00 bits per heavy atom. The van der Waals surface area contributed by atoms with Crippen LogP contribution in [0.2, 0.25) is 0 Å². The van der Waals surface area contributed by atoms with Gasteiger partial charge in [-0.15, -0.1) is 0 Å². The number of carbonyl (C=O) groups is 1. The summed E-state index contributed by atoms with van der Waals surface area (Å²) >= 11 is 9.86. The van der Waals surface area contributed by atoms with Crippen LogP contribution in [0.3, 0.4) is 0 Å². The molecule has 0 radical (unpaired) electrons. The highest BCUT2D eigenvalue weighted by molar-refractivity contribution is 7.87. The van der Waals surface area contributed by atoms with Gasteiger partial charge in [0.2, 0.25) is 0 Å². The van der Waals surface area contributed by atoms with Gasteiger partial charge in [-0.1, -0.05) is 0 Å². The maximum absolute atomic E-state index is 11.3. The molecule has 17 heavy (non-hydrogen) atoms. The van der Waals surface area contributed by atoms with Gasteiger partial charge >= 0.3 is 10.1 Å². The predicted molar refractivity (Wildman–Crippen MR) is 57.4 cm³/mol. The average Bonchev–Trinajstić information content (AvgIpc) is 2.28. The number of carbonyl (C=O) groups excluding carboxylic acids is 1. The highest BCUT2D eigenvalue weighted by Gasteiger charge is 2.25. The SMILES string of the molecule is O=C(Cl)c1ccc([N+](=O)[O-])cc1S(=O)(=O)OCl. The van der Waals surface area contributed by atoms with Crippen LogP contribution < -0.4 is 0 Å². The number of halogens is 2. The van der Waals surface area contributed by atoms with Crippen molar-refractivity contribution >= 4 is 44.5 Å². The molecule has 0 aromatic heterocycles. The van der Waals surface area contributed by atoms with Crippen LogP contribution in [0.4, 0.5) is 5.69 Å². The number of nitro groups is 1. The van der Waals surface area contributed by atoms with Gasteiger partial charge in [-0.2, -0.15) is 12.2 Å². The summed E-state index contributed by atoms with van der Waals surface area (Å²) in [6.45, 7) is 0. The summed E-state index contributed by atoms with van der Waals surface area (Å²) in [5.41, 5.74) is -1.00. The molecule has 92 valence electrons. The maximum Gasteiger partial charge on any atom is 0.313 e. The van der Waals surface area contributed by atoms with Crippen LogP contribution in [-0.2, 0) is 13.9 Å². The van der Waals surface area contributed by atoms with Crippen LogP contribution in [0.1, 0.15) is 10.4 Å². The van der Waals surface area contributed by atoms with Gasteiger partial charge in [0.1, 0.15) is 4.90 Å². The third-order valence-electron chi connectivity index (χ3n) is 1.74. The first-order valence-electron chi connectivity index (χ1n) is 3.83. The molecule has 1 aromatic carbocycles. The fourth-order valence-corrected chi connectivity index (χ4v) is 2.22. The maximum atomic E-state index is 11.3. The molecule has 0 aliphatic heterocycles. The normalized spacial score (nSPS) is 11.2. The lowest BCUT2D eigenvalue weighted by Crippen LogP contribution is -2.07. The van der Waals surface area contributed by atoms with E-state index in [0.717, 1.165) is 12.1 Å². The Labute approximate surface area is 105 Å². The zero-order valence-electron chi connectivity index (χ0n) is 7.79. The highest BCUT2D eigenvalue weighted by atomic mass is 35.5. The first-order valence-corrected chi connectivity index (χ1v) is 5.92. The summed E-state index contributed by atoms with van der Waals surface area (Å²) in [7, 11) is -4.47. The largest absolute Gasteiger partial charge is 0.313 e. The van der Waals surface area contributed by atoms with Gasteiger partial charge in [0.05, 0.1) is 22.4 Å². The summed E-state index contributed by atoms with van der Waals surface area (Å²) < 4.78 is 26.3. The smallest absolute Gasteiger partial charge is 0.276 e. The molecule has 7 nitrogen and oxygen atoms in total. The standard InChI is InChI=1S/C7H3Cl2NO6S/c8-7(11)5-2-1-4(10(12)13)3-6(5)17(14,15)16-9/h1-3H. The van der Waals surface area contributed by atoms with Gasteiger partial charge in [0, 0.05) is 12.1 Å². The fraction of sp³-hybridized carbons (Fsp3) is 0. The number of rotatable bonds is 4. The Kier molecular flexibility index (Phi) is 4.04. The minimum atomic E-state index is -4.47. The summed E-state index contributed by atoms with van der Waals surface area (Å²) in [5.74, 6) is 0. The number of nitrogens with zero attached hydrogens (tertiary/aromatic N) is 1. The van der Waals surface area contributed by atoms with Gasteiger partial charge in [-0.3, -0.25) is 14.9 Å². The molecule has 0 fully saturated rings. The zero-order chi connectivity index (χ0) is 13.2. The molecule has 0 spiro atoms. The predicted octanol–water partition coefficient (Wildman–Crippen LogP) is 1.83. The van der Waals surface area contributed by atoms with Crippen molar-refractivity contribution in [1.82, 2.24) is 0 Å². The highest BCUT2D eigenvalue weighted by Crippen LogP contribution is 2.25. The van der Waals surface area contributed by atoms with Crippen molar-refractivity contribution in [1.29, 1.82) is 0 Å². The van der Waals surface area contributed by atoms with Crippen molar-refractivity contribution in [2.45, 2.75) is 4.90 Å². The molecule has 0 amide bonds. The number of hydrogen-bond donors (Lipinski definition) is 0. The molecule has 0 aliphatic carbocycles. The van der Waals surface area contributed by atoms with Crippen molar-refractivity contribution in [3.63, 3.8) is 0 Å². The summed E-state index contributed by atoms with van der Waals surface area (Å²) in [4.78, 5) is 19.8. The molecular formula is C7H3Cl2NO6S. The first-order chi connectivity index (χ1) is 7.79. The topological polar surface area (TPSA) is 104 Å². The quantitative estimate of drug-likeness (QED) is 0.477. The number of non-ortho nitro benzene ring substituents is 1. The molecule has 0 heterocycles. The number of benzene rings is 1. The second-order valence-electron chi connectivity index (χ2n) is 2.73. The van der Waals surface area contributed by atoms with Crippen molar-refractivity contribution in [2.24, 2.45) is 0 Å². The van der Waals surface area contributed by atoms with Crippen LogP contribution in [0.15, 0.2) is 23.1 Å². The van der Waals surface area contributed by atoms with E-state index in [9.17, 15) is 23.3 Å². The summed E-state index contributed by atoms with van der Waals surface area (Å²) in [6.07, 6.45) is 0. The lowest BCUT2D eigenvalue weighted by molar-refractivity contribution is -0.385. The van der Waals surface area contributed by atoms with Crippen molar-refractivity contribution in [3.05, 3.63) is 33.9 Å². The fourth-order valence-electron chi connectivity index (χ4n) is 1.03. The lowest BCUT2D eigenvalue weighted by Gasteiger charge is -2.03. The molecule has 0 unspecified atom stereocenters. The van der Waals surface area contributed by atoms with Crippen molar-refractivity contribution in [2.75, 3.05) is 0 Å². The van der Waals surface area contributed by atoms with E-state index < -0.39 is 36.4 Å². The minimum Gasteiger partial charge on any atom is -0.276 e. The number of nitro benzene ring substituents is 1. The molecule has 0 aliphatic rings. The Hall–Kier alpha value is -1.22. The van der Waals surface area contributed by atoms with Gasteiger partial charge < -0.3 is 0 Å². The van der Waals surface area contributed by atoms with Crippen LogP contribution in [-0.4, -0.2) is 18.6 Å². The van der Waals surface area contributed by atoms with Crippen molar-refractivity contribution < 1.29 is 21.9 Å². The molecule has 0 saturated heterocycles. The van der Waals surface area contributed by atoms with E-state index in [1.54, 1.807) is 0 Å². The van der Waals surface area contributed by atoms with Gasteiger partial charge in [0.15, 0.2) is 0 Å². The Bertz CT molecular complexity index is 584. The van der Waals surface area contributed by atoms with Crippen LogP contribution in [0, 0.1) is 10.1 Å². The van der Waals surface area contributed by atoms with E-state index >= 15 is 0 Å². The Morgan fingerprint density at radius 1 is 1.41 bits per heavy atom. The van der Waals surface area contributed by atoms with Crippen LogP contribution in [0.5, 0.6) is 0 Å². The summed E-state index contributed by atoms with van der Waals surface area (Å²) in [6, 6.07) is 2.46. The van der Waals surface area contributed by atoms with E-state index in [1.807, 2.05) is 0 Å². The van der Waals surface area contributed by atoms with E-state index in [4.69, 9.17) is 23.5 Å². The molecule has 0 N–H and O–H groups in total.